The number of aryl methyl sites for hydroxylation is 1. The van der Waals surface area contributed by atoms with Gasteiger partial charge in [-0.3, -0.25) is 14.6 Å². The van der Waals surface area contributed by atoms with Gasteiger partial charge in [-0.15, -0.1) is 0 Å². The van der Waals surface area contributed by atoms with E-state index in [1.807, 2.05) is 0 Å². The van der Waals surface area contributed by atoms with Crippen molar-refractivity contribution < 1.29 is 30.8 Å². The molecule has 0 aliphatic carbocycles. The highest BCUT2D eigenvalue weighted by Crippen LogP contribution is 2.22. The molecule has 0 aromatic heterocycles. The lowest BCUT2D eigenvalue weighted by Crippen LogP contribution is -2.61. The predicted octanol–water partition coefficient (Wildman–Crippen LogP) is 1.57. The standard InChI is InChI=1S/C24H31FN4O6S2/c1-15-5-8-19(28-23(30)17(3)29-24(31)16(2)21(25)14-26-29)13-22(15)37(34,35)27-12-11-18-6-9-20(10-7-18)36(4,32)33/h5-10,13,16-17,21,26-27H,11-12,14H2,1-4H3,(H,28,30)/t16?,17-,21?/m0/s1. The van der Waals surface area contributed by atoms with Crippen molar-refractivity contribution in [2.24, 2.45) is 5.92 Å². The summed E-state index contributed by atoms with van der Waals surface area (Å²) < 4.78 is 65.3. The number of nitrogens with one attached hydrogen (secondary N) is 3. The Morgan fingerprint density at radius 3 is 2.43 bits per heavy atom. The molecular weight excluding hydrogens is 523 g/mol. The van der Waals surface area contributed by atoms with Gasteiger partial charge in [-0.25, -0.2) is 31.4 Å². The van der Waals surface area contributed by atoms with Gasteiger partial charge < -0.3 is 5.32 Å². The van der Waals surface area contributed by atoms with Gasteiger partial charge >= 0.3 is 0 Å². The van der Waals surface area contributed by atoms with Crippen molar-refractivity contribution in [2.75, 3.05) is 24.7 Å². The number of anilines is 1. The average Bonchev–Trinajstić information content (AvgIpc) is 2.83. The number of sulfone groups is 1. The van der Waals surface area contributed by atoms with Crippen LogP contribution in [0.4, 0.5) is 10.1 Å². The SMILES string of the molecule is Cc1ccc(NC(=O)[C@H](C)N2NCC(F)C(C)C2=O)cc1S(=O)(=O)NCCc1ccc(S(C)(=O)=O)cc1. The van der Waals surface area contributed by atoms with Crippen LogP contribution in [0.1, 0.15) is 25.0 Å². The molecule has 1 heterocycles. The second-order valence-electron chi connectivity index (χ2n) is 9.08. The summed E-state index contributed by atoms with van der Waals surface area (Å²) in [4.78, 5) is 25.3. The molecule has 2 unspecified atom stereocenters. The quantitative estimate of drug-likeness (QED) is 0.427. The minimum Gasteiger partial charge on any atom is -0.324 e. The van der Waals surface area contributed by atoms with Crippen LogP contribution < -0.4 is 15.5 Å². The Kier molecular flexibility index (Phi) is 8.73. The number of sulfonamides is 1. The van der Waals surface area contributed by atoms with Gasteiger partial charge in [-0.1, -0.05) is 25.1 Å². The molecule has 0 radical (unpaired) electrons. The molecule has 3 atom stereocenters. The number of carbonyl (C=O) groups excluding carboxylic acids is 2. The maximum Gasteiger partial charge on any atom is 0.248 e. The van der Waals surface area contributed by atoms with Crippen molar-refractivity contribution in [3.63, 3.8) is 0 Å². The van der Waals surface area contributed by atoms with Crippen molar-refractivity contribution in [2.45, 2.75) is 49.2 Å². The van der Waals surface area contributed by atoms with Crippen LogP contribution in [0, 0.1) is 12.8 Å². The molecule has 37 heavy (non-hydrogen) atoms. The van der Waals surface area contributed by atoms with Crippen LogP contribution in [0.3, 0.4) is 0 Å². The number of nitrogens with zero attached hydrogens (tertiary/aromatic N) is 1. The second kappa shape index (κ2) is 11.3. The molecule has 1 aliphatic heterocycles. The molecule has 0 bridgehead atoms. The van der Waals surface area contributed by atoms with Gasteiger partial charge in [-0.05, 0) is 55.7 Å². The lowest BCUT2D eigenvalue weighted by atomic mass is 10.0. The summed E-state index contributed by atoms with van der Waals surface area (Å²) >= 11 is 0. The molecule has 0 saturated carbocycles. The highest BCUT2D eigenvalue weighted by atomic mass is 32.2. The number of alkyl halides is 1. The number of halogens is 1. The Hall–Kier alpha value is -2.87. The summed E-state index contributed by atoms with van der Waals surface area (Å²) in [6, 6.07) is 9.67. The Morgan fingerprint density at radius 1 is 1.16 bits per heavy atom. The van der Waals surface area contributed by atoms with Crippen LogP contribution in [0.2, 0.25) is 0 Å². The molecule has 10 nitrogen and oxygen atoms in total. The third-order valence-electron chi connectivity index (χ3n) is 6.20. The van der Waals surface area contributed by atoms with Gasteiger partial charge in [0.15, 0.2) is 9.84 Å². The zero-order valence-corrected chi connectivity index (χ0v) is 22.6. The minimum atomic E-state index is -3.93. The first kappa shape index (κ1) is 28.7. The summed E-state index contributed by atoms with van der Waals surface area (Å²) in [5, 5.41) is 3.71. The van der Waals surface area contributed by atoms with Crippen molar-refractivity contribution in [1.82, 2.24) is 15.2 Å². The number of carbonyl (C=O) groups is 2. The highest BCUT2D eigenvalue weighted by Gasteiger charge is 2.37. The van der Waals surface area contributed by atoms with Gasteiger partial charge in [0.1, 0.15) is 12.2 Å². The van der Waals surface area contributed by atoms with Crippen LogP contribution in [0.25, 0.3) is 0 Å². The first-order valence-corrected chi connectivity index (χ1v) is 15.0. The monoisotopic (exact) mass is 554 g/mol. The summed E-state index contributed by atoms with van der Waals surface area (Å²) in [5.74, 6) is -1.98. The van der Waals surface area contributed by atoms with E-state index in [0.717, 1.165) is 16.8 Å². The Morgan fingerprint density at radius 2 is 1.81 bits per heavy atom. The summed E-state index contributed by atoms with van der Waals surface area (Å²) in [5.41, 5.74) is 4.07. The van der Waals surface area contributed by atoms with E-state index in [9.17, 15) is 30.8 Å². The molecule has 1 aliphatic rings. The Balaban J connectivity index is 1.65. The van der Waals surface area contributed by atoms with Gasteiger partial charge in [0.2, 0.25) is 21.8 Å². The minimum absolute atomic E-state index is 0.0218. The van der Waals surface area contributed by atoms with Gasteiger partial charge in [0, 0.05) is 25.0 Å². The largest absolute Gasteiger partial charge is 0.324 e. The normalized spacial score (nSPS) is 19.5. The highest BCUT2D eigenvalue weighted by molar-refractivity contribution is 7.90. The van der Waals surface area contributed by atoms with Crippen molar-refractivity contribution >= 4 is 37.4 Å². The van der Waals surface area contributed by atoms with E-state index in [4.69, 9.17) is 0 Å². The molecule has 0 spiro atoms. The van der Waals surface area contributed by atoms with E-state index in [-0.39, 0.29) is 28.6 Å². The Labute approximate surface area is 216 Å². The van der Waals surface area contributed by atoms with E-state index in [2.05, 4.69) is 15.5 Å². The summed E-state index contributed by atoms with van der Waals surface area (Å²) in [7, 11) is -7.25. The van der Waals surface area contributed by atoms with Crippen LogP contribution in [0.15, 0.2) is 52.3 Å². The van der Waals surface area contributed by atoms with E-state index in [0.29, 0.717) is 12.0 Å². The van der Waals surface area contributed by atoms with Gasteiger partial charge in [-0.2, -0.15) is 0 Å². The molecule has 2 aromatic rings. The topological polar surface area (TPSA) is 142 Å². The third-order valence-corrected chi connectivity index (χ3v) is 8.93. The molecule has 3 rings (SSSR count). The first-order valence-electron chi connectivity index (χ1n) is 11.6. The van der Waals surface area contributed by atoms with Crippen LogP contribution >= 0.6 is 0 Å². The molecule has 2 amide bonds. The smallest absolute Gasteiger partial charge is 0.248 e. The lowest BCUT2D eigenvalue weighted by Gasteiger charge is -2.36. The average molecular weight is 555 g/mol. The zero-order valence-electron chi connectivity index (χ0n) is 21.0. The summed E-state index contributed by atoms with van der Waals surface area (Å²) in [6.07, 6.45) is 0.106. The fourth-order valence-corrected chi connectivity index (χ4v) is 5.72. The summed E-state index contributed by atoms with van der Waals surface area (Å²) in [6.45, 7) is 4.55. The number of hydrogen-bond donors (Lipinski definition) is 3. The van der Waals surface area contributed by atoms with Gasteiger partial charge in [0.25, 0.3) is 0 Å². The van der Waals surface area contributed by atoms with E-state index >= 15 is 0 Å². The van der Waals surface area contributed by atoms with Crippen LogP contribution in [0.5, 0.6) is 0 Å². The molecule has 1 fully saturated rings. The molecular formula is C24H31FN4O6S2. The van der Waals surface area contributed by atoms with Crippen molar-refractivity contribution in [3.05, 3.63) is 53.6 Å². The maximum atomic E-state index is 13.8. The van der Waals surface area contributed by atoms with E-state index < -0.39 is 49.8 Å². The van der Waals surface area contributed by atoms with Crippen molar-refractivity contribution in [1.29, 1.82) is 0 Å². The molecule has 3 N–H and O–H groups in total. The lowest BCUT2D eigenvalue weighted by molar-refractivity contribution is -0.151. The third kappa shape index (κ3) is 6.92. The van der Waals surface area contributed by atoms with Gasteiger partial charge in [0.05, 0.1) is 15.7 Å². The van der Waals surface area contributed by atoms with Crippen molar-refractivity contribution in [3.8, 4) is 0 Å². The van der Waals surface area contributed by atoms with Crippen LogP contribution in [-0.4, -0.2) is 65.2 Å². The molecule has 1 saturated heterocycles. The maximum absolute atomic E-state index is 13.8. The number of hydrogen-bond acceptors (Lipinski definition) is 7. The number of rotatable bonds is 9. The van der Waals surface area contributed by atoms with E-state index in [1.54, 1.807) is 31.2 Å². The number of benzene rings is 2. The predicted molar refractivity (Wildman–Crippen MR) is 137 cm³/mol. The number of hydrazine groups is 1. The Bertz CT molecular complexity index is 1380. The first-order chi connectivity index (χ1) is 17.2. The second-order valence-corrected chi connectivity index (χ2v) is 12.8. The molecule has 13 heteroatoms. The number of amides is 2. The van der Waals surface area contributed by atoms with E-state index in [1.165, 1.54) is 32.0 Å². The molecule has 2 aromatic carbocycles. The fraction of sp³-hybridized carbons (Fsp3) is 0.417. The molecule has 202 valence electrons. The zero-order chi connectivity index (χ0) is 27.5. The fourth-order valence-electron chi connectivity index (χ4n) is 3.78. The van der Waals surface area contributed by atoms with Crippen LogP contribution in [-0.2, 0) is 35.9 Å².